The van der Waals surface area contributed by atoms with E-state index in [1.165, 1.54) is 0 Å². The summed E-state index contributed by atoms with van der Waals surface area (Å²) < 4.78 is 11.6. The lowest BCUT2D eigenvalue weighted by molar-refractivity contribution is -0.121. The van der Waals surface area contributed by atoms with Gasteiger partial charge in [-0.25, -0.2) is 0 Å². The zero-order valence-electron chi connectivity index (χ0n) is 9.70. The number of fused-ring (bicyclic) bond motifs is 1. The van der Waals surface area contributed by atoms with Crippen LogP contribution in [-0.2, 0) is 9.53 Å². The van der Waals surface area contributed by atoms with Crippen molar-refractivity contribution in [3.8, 4) is 5.75 Å². The van der Waals surface area contributed by atoms with E-state index in [0.717, 1.165) is 15.9 Å². The van der Waals surface area contributed by atoms with E-state index in [-0.39, 0.29) is 12.5 Å². The molecule has 1 aliphatic rings. The van der Waals surface area contributed by atoms with E-state index in [0.29, 0.717) is 25.6 Å². The second kappa shape index (κ2) is 6.41. The topological polar surface area (TPSA) is 38.8 Å². The number of anilines is 1. The summed E-state index contributed by atoms with van der Waals surface area (Å²) in [5.74, 6) is 1.12. The monoisotopic (exact) mass is 333 g/mol. The van der Waals surface area contributed by atoms with Crippen LogP contribution in [0.25, 0.3) is 0 Å². The van der Waals surface area contributed by atoms with E-state index in [4.69, 9.17) is 21.1 Å². The van der Waals surface area contributed by atoms with Gasteiger partial charge in [-0.15, -0.1) is 11.6 Å². The minimum atomic E-state index is -0.0601. The Bertz CT molecular complexity index is 441. The van der Waals surface area contributed by atoms with Crippen LogP contribution < -0.4 is 9.64 Å². The molecule has 0 saturated carbocycles. The summed E-state index contributed by atoms with van der Waals surface area (Å²) in [6, 6.07) is 5.60. The van der Waals surface area contributed by atoms with E-state index < -0.39 is 0 Å². The number of benzene rings is 1. The minimum absolute atomic E-state index is 0.0601. The number of hydrogen-bond acceptors (Lipinski definition) is 3. The van der Waals surface area contributed by atoms with Gasteiger partial charge in [0.1, 0.15) is 5.75 Å². The molecule has 1 heterocycles. The molecule has 1 aliphatic heterocycles. The van der Waals surface area contributed by atoms with Crippen molar-refractivity contribution in [2.24, 2.45) is 0 Å². The number of carbonyl (C=O) groups is 1. The van der Waals surface area contributed by atoms with Crippen LogP contribution >= 0.6 is 27.5 Å². The van der Waals surface area contributed by atoms with Gasteiger partial charge in [-0.3, -0.25) is 4.79 Å². The van der Waals surface area contributed by atoms with E-state index >= 15 is 0 Å². The van der Waals surface area contributed by atoms with Crippen LogP contribution in [0.3, 0.4) is 0 Å². The van der Waals surface area contributed by atoms with Crippen molar-refractivity contribution < 1.29 is 14.3 Å². The van der Waals surface area contributed by atoms with Gasteiger partial charge in [0.25, 0.3) is 5.91 Å². The Morgan fingerprint density at radius 3 is 3.06 bits per heavy atom. The standard InChI is InChI=1S/C12H13BrClNO3/c13-9-1-2-11-10(7-9)15(12(16)8-18-11)4-6-17-5-3-14/h1-2,7H,3-6,8H2. The third kappa shape index (κ3) is 3.16. The molecule has 1 aromatic carbocycles. The molecular formula is C12H13BrClNO3. The highest BCUT2D eigenvalue weighted by atomic mass is 79.9. The molecule has 0 fully saturated rings. The number of amides is 1. The Hall–Kier alpha value is -0.780. The van der Waals surface area contributed by atoms with Gasteiger partial charge < -0.3 is 14.4 Å². The first kappa shape index (κ1) is 13.6. The highest BCUT2D eigenvalue weighted by Gasteiger charge is 2.25. The lowest BCUT2D eigenvalue weighted by Gasteiger charge is -2.29. The van der Waals surface area contributed by atoms with Crippen molar-refractivity contribution in [3.63, 3.8) is 0 Å². The summed E-state index contributed by atoms with van der Waals surface area (Å²) in [4.78, 5) is 13.5. The van der Waals surface area contributed by atoms with Crippen molar-refractivity contribution >= 4 is 39.1 Å². The molecule has 0 aromatic heterocycles. The van der Waals surface area contributed by atoms with Crippen LogP contribution in [0.2, 0.25) is 0 Å². The van der Waals surface area contributed by atoms with Gasteiger partial charge >= 0.3 is 0 Å². The first-order valence-corrected chi connectivity index (χ1v) is 6.91. The van der Waals surface area contributed by atoms with Crippen LogP contribution in [0.1, 0.15) is 0 Å². The summed E-state index contributed by atoms with van der Waals surface area (Å²) in [7, 11) is 0. The number of carbonyl (C=O) groups excluding carboxylic acids is 1. The molecule has 1 amide bonds. The number of rotatable bonds is 5. The first-order valence-electron chi connectivity index (χ1n) is 5.59. The normalized spacial score (nSPS) is 14.3. The van der Waals surface area contributed by atoms with E-state index in [1.807, 2.05) is 18.2 Å². The predicted molar refractivity (Wildman–Crippen MR) is 73.5 cm³/mol. The average Bonchev–Trinajstić information content (AvgIpc) is 2.36. The van der Waals surface area contributed by atoms with Gasteiger partial charge in [0.05, 0.1) is 18.9 Å². The van der Waals surface area contributed by atoms with Gasteiger partial charge in [-0.1, -0.05) is 15.9 Å². The molecule has 0 saturated heterocycles. The molecule has 4 nitrogen and oxygen atoms in total. The van der Waals surface area contributed by atoms with Crippen molar-refractivity contribution in [3.05, 3.63) is 22.7 Å². The largest absolute Gasteiger partial charge is 0.482 e. The van der Waals surface area contributed by atoms with E-state index in [2.05, 4.69) is 15.9 Å². The van der Waals surface area contributed by atoms with Gasteiger partial charge in [0.2, 0.25) is 0 Å². The summed E-state index contributed by atoms with van der Waals surface area (Å²) in [5, 5.41) is 0. The molecular weight excluding hydrogens is 321 g/mol. The molecule has 1 aromatic rings. The van der Waals surface area contributed by atoms with Crippen molar-refractivity contribution in [2.75, 3.05) is 37.1 Å². The molecule has 0 spiro atoms. The summed E-state index contributed by atoms with van der Waals surface area (Å²) in [5.41, 5.74) is 0.773. The fraction of sp³-hybridized carbons (Fsp3) is 0.417. The van der Waals surface area contributed by atoms with Crippen LogP contribution in [0.5, 0.6) is 5.75 Å². The molecule has 2 rings (SSSR count). The fourth-order valence-corrected chi connectivity index (χ4v) is 2.19. The molecule has 18 heavy (non-hydrogen) atoms. The maximum atomic E-state index is 11.8. The molecule has 0 atom stereocenters. The summed E-state index contributed by atoms with van der Waals surface area (Å²) in [6.45, 7) is 1.53. The van der Waals surface area contributed by atoms with Crippen molar-refractivity contribution in [1.82, 2.24) is 0 Å². The van der Waals surface area contributed by atoms with Crippen molar-refractivity contribution in [2.45, 2.75) is 0 Å². The van der Waals surface area contributed by atoms with E-state index in [1.54, 1.807) is 4.90 Å². The van der Waals surface area contributed by atoms with Gasteiger partial charge in [0, 0.05) is 16.9 Å². The van der Waals surface area contributed by atoms with Crippen molar-refractivity contribution in [1.29, 1.82) is 0 Å². The Balaban J connectivity index is 2.09. The molecule has 98 valence electrons. The Morgan fingerprint density at radius 1 is 1.44 bits per heavy atom. The van der Waals surface area contributed by atoms with Gasteiger partial charge in [-0.05, 0) is 18.2 Å². The number of ether oxygens (including phenoxy) is 2. The Labute approximate surface area is 119 Å². The highest BCUT2D eigenvalue weighted by Crippen LogP contribution is 2.34. The Morgan fingerprint density at radius 2 is 2.28 bits per heavy atom. The number of alkyl halides is 1. The second-order valence-corrected chi connectivity index (χ2v) is 5.04. The molecule has 0 N–H and O–H groups in total. The smallest absolute Gasteiger partial charge is 0.265 e. The van der Waals surface area contributed by atoms with Crippen LogP contribution in [-0.4, -0.2) is 38.2 Å². The molecule has 0 bridgehead atoms. The quantitative estimate of drug-likeness (QED) is 0.613. The second-order valence-electron chi connectivity index (χ2n) is 3.75. The zero-order chi connectivity index (χ0) is 13.0. The lowest BCUT2D eigenvalue weighted by Crippen LogP contribution is -2.40. The highest BCUT2D eigenvalue weighted by molar-refractivity contribution is 9.10. The number of hydrogen-bond donors (Lipinski definition) is 0. The molecule has 0 unspecified atom stereocenters. The summed E-state index contributed by atoms with van der Waals surface area (Å²) in [6.07, 6.45) is 0. The Kier molecular flexibility index (Phi) is 4.86. The van der Waals surface area contributed by atoms with Gasteiger partial charge in [0.15, 0.2) is 6.61 Å². The van der Waals surface area contributed by atoms with E-state index in [9.17, 15) is 4.79 Å². The van der Waals surface area contributed by atoms with Crippen LogP contribution in [0, 0.1) is 0 Å². The summed E-state index contributed by atoms with van der Waals surface area (Å²) >= 11 is 8.91. The number of nitrogens with zero attached hydrogens (tertiary/aromatic N) is 1. The van der Waals surface area contributed by atoms with Crippen LogP contribution in [0.15, 0.2) is 22.7 Å². The van der Waals surface area contributed by atoms with Gasteiger partial charge in [-0.2, -0.15) is 0 Å². The number of halogens is 2. The molecule has 0 radical (unpaired) electrons. The minimum Gasteiger partial charge on any atom is -0.482 e. The molecule has 6 heteroatoms. The maximum Gasteiger partial charge on any atom is 0.265 e. The zero-order valence-corrected chi connectivity index (χ0v) is 12.0. The lowest BCUT2D eigenvalue weighted by atomic mass is 10.2. The third-order valence-electron chi connectivity index (χ3n) is 2.54. The first-order chi connectivity index (χ1) is 8.72. The third-order valence-corrected chi connectivity index (χ3v) is 3.19. The van der Waals surface area contributed by atoms with Crippen LogP contribution in [0.4, 0.5) is 5.69 Å². The fourth-order valence-electron chi connectivity index (χ4n) is 1.73. The molecule has 0 aliphatic carbocycles. The maximum absolute atomic E-state index is 11.8. The predicted octanol–water partition coefficient (Wildman–Crippen LogP) is 2.43. The average molecular weight is 335 g/mol. The SMILES string of the molecule is O=C1COc2ccc(Br)cc2N1CCOCCCl.